The Morgan fingerprint density at radius 2 is 2.04 bits per heavy atom. The molecule has 0 spiro atoms. The maximum Gasteiger partial charge on any atom is 0.237 e. The Balaban J connectivity index is 1.73. The summed E-state index contributed by atoms with van der Waals surface area (Å²) < 4.78 is 7.53. The highest BCUT2D eigenvalue weighted by atomic mass is 32.2. The molecular weight excluding hydrogens is 370 g/mol. The van der Waals surface area contributed by atoms with Crippen LogP contribution < -0.4 is 15.4 Å². The van der Waals surface area contributed by atoms with Crippen LogP contribution in [-0.2, 0) is 6.54 Å². The largest absolute Gasteiger partial charge is 0.480 e. The molecule has 3 aromatic heterocycles. The van der Waals surface area contributed by atoms with Gasteiger partial charge in [0.05, 0.1) is 12.6 Å². The van der Waals surface area contributed by atoms with Crippen molar-refractivity contribution in [2.24, 2.45) is 0 Å². The highest BCUT2D eigenvalue weighted by Gasteiger charge is 2.11. The molecule has 0 aliphatic rings. The molecule has 3 heterocycles. The normalized spacial score (nSPS) is 10.9. The maximum atomic E-state index is 5.35. The first-order valence-corrected chi connectivity index (χ1v) is 9.69. The lowest BCUT2D eigenvalue weighted by molar-refractivity contribution is 0.400. The minimum atomic E-state index is 0.568. The SMILES string of the molecule is CNCc1cn(Sc2cccnc2)c2cc(Nc3cccnc3OC)ccc12. The number of hydrogen-bond donors (Lipinski definition) is 2. The Morgan fingerprint density at radius 3 is 2.82 bits per heavy atom. The van der Waals surface area contributed by atoms with E-state index in [9.17, 15) is 0 Å². The summed E-state index contributed by atoms with van der Waals surface area (Å²) in [5.41, 5.74) is 4.19. The molecule has 7 heteroatoms. The van der Waals surface area contributed by atoms with E-state index in [1.807, 2.05) is 31.4 Å². The van der Waals surface area contributed by atoms with Gasteiger partial charge in [0.25, 0.3) is 0 Å². The monoisotopic (exact) mass is 391 g/mol. The van der Waals surface area contributed by atoms with Crippen LogP contribution in [0, 0.1) is 0 Å². The molecule has 0 atom stereocenters. The summed E-state index contributed by atoms with van der Waals surface area (Å²) in [6.07, 6.45) is 7.55. The van der Waals surface area contributed by atoms with E-state index in [2.05, 4.69) is 55.0 Å². The molecule has 2 N–H and O–H groups in total. The van der Waals surface area contributed by atoms with Crippen LogP contribution in [0.3, 0.4) is 0 Å². The molecule has 4 aromatic rings. The molecule has 0 fully saturated rings. The average molecular weight is 392 g/mol. The van der Waals surface area contributed by atoms with Gasteiger partial charge in [0.2, 0.25) is 5.88 Å². The number of pyridine rings is 2. The lowest BCUT2D eigenvalue weighted by Gasteiger charge is -2.11. The van der Waals surface area contributed by atoms with E-state index in [-0.39, 0.29) is 0 Å². The first kappa shape index (κ1) is 18.3. The quantitative estimate of drug-likeness (QED) is 0.485. The predicted octanol–water partition coefficient (Wildman–Crippen LogP) is 4.46. The molecule has 0 aliphatic carbocycles. The summed E-state index contributed by atoms with van der Waals surface area (Å²) >= 11 is 1.65. The summed E-state index contributed by atoms with van der Waals surface area (Å²) in [5, 5.41) is 7.87. The minimum Gasteiger partial charge on any atom is -0.480 e. The summed E-state index contributed by atoms with van der Waals surface area (Å²) in [4.78, 5) is 9.55. The standard InChI is InChI=1S/C21H21N5OS/c1-22-12-15-14-26(28-17-5-3-9-23-13-17)20-11-16(7-8-18(15)20)25-19-6-4-10-24-21(19)27-2/h3-11,13-14,22,25H,12H2,1-2H3. The number of rotatable bonds is 7. The van der Waals surface area contributed by atoms with Crippen molar-refractivity contribution in [2.75, 3.05) is 19.5 Å². The molecule has 1 aromatic carbocycles. The third-order valence-electron chi connectivity index (χ3n) is 4.30. The fourth-order valence-electron chi connectivity index (χ4n) is 3.07. The number of aromatic nitrogens is 3. The number of benzene rings is 1. The zero-order valence-electron chi connectivity index (χ0n) is 15.7. The highest BCUT2D eigenvalue weighted by Crippen LogP contribution is 2.33. The van der Waals surface area contributed by atoms with E-state index < -0.39 is 0 Å². The van der Waals surface area contributed by atoms with Crippen molar-refractivity contribution in [1.82, 2.24) is 19.3 Å². The van der Waals surface area contributed by atoms with Crippen molar-refractivity contribution in [3.05, 3.63) is 72.8 Å². The third kappa shape index (κ3) is 3.81. The van der Waals surface area contributed by atoms with Crippen LogP contribution in [0.1, 0.15) is 5.56 Å². The van der Waals surface area contributed by atoms with Gasteiger partial charge in [-0.15, -0.1) is 0 Å². The molecule has 6 nitrogen and oxygen atoms in total. The van der Waals surface area contributed by atoms with E-state index in [0.717, 1.165) is 28.3 Å². The highest BCUT2D eigenvalue weighted by molar-refractivity contribution is 7.98. The molecule has 4 rings (SSSR count). The van der Waals surface area contributed by atoms with Gasteiger partial charge >= 0.3 is 0 Å². The van der Waals surface area contributed by atoms with Gasteiger partial charge in [-0.25, -0.2) is 4.98 Å². The van der Waals surface area contributed by atoms with Gasteiger partial charge in [0.1, 0.15) is 5.69 Å². The van der Waals surface area contributed by atoms with Crippen LogP contribution in [0.15, 0.2) is 72.1 Å². The van der Waals surface area contributed by atoms with E-state index in [4.69, 9.17) is 4.74 Å². The molecule has 142 valence electrons. The van der Waals surface area contributed by atoms with Gasteiger partial charge in [0, 0.05) is 47.3 Å². The smallest absolute Gasteiger partial charge is 0.237 e. The molecule has 0 saturated heterocycles. The van der Waals surface area contributed by atoms with Crippen LogP contribution in [-0.4, -0.2) is 28.1 Å². The first-order valence-electron chi connectivity index (χ1n) is 8.91. The van der Waals surface area contributed by atoms with Crippen molar-refractivity contribution >= 4 is 34.2 Å². The zero-order chi connectivity index (χ0) is 19.3. The number of fused-ring (bicyclic) bond motifs is 1. The first-order chi connectivity index (χ1) is 13.8. The fourth-order valence-corrected chi connectivity index (χ4v) is 3.97. The fraction of sp³-hybridized carbons (Fsp3) is 0.143. The second-order valence-corrected chi connectivity index (χ2v) is 7.26. The topological polar surface area (TPSA) is 64.0 Å². The molecule has 28 heavy (non-hydrogen) atoms. The van der Waals surface area contributed by atoms with Gasteiger partial charge in [0.15, 0.2) is 0 Å². The van der Waals surface area contributed by atoms with Gasteiger partial charge in [-0.05, 0) is 61.0 Å². The Labute approximate surface area is 168 Å². The Hall–Kier alpha value is -3.03. The van der Waals surface area contributed by atoms with Crippen molar-refractivity contribution in [1.29, 1.82) is 0 Å². The molecule has 0 bridgehead atoms. The van der Waals surface area contributed by atoms with E-state index in [1.54, 1.807) is 31.5 Å². The Kier molecular flexibility index (Phi) is 5.45. The summed E-state index contributed by atoms with van der Waals surface area (Å²) in [6, 6.07) is 14.2. The molecular formula is C21H21N5OS. The van der Waals surface area contributed by atoms with Crippen molar-refractivity contribution in [3.8, 4) is 5.88 Å². The van der Waals surface area contributed by atoms with Crippen molar-refractivity contribution in [2.45, 2.75) is 11.4 Å². The zero-order valence-corrected chi connectivity index (χ0v) is 16.5. The van der Waals surface area contributed by atoms with E-state index >= 15 is 0 Å². The number of nitrogens with zero attached hydrogens (tertiary/aromatic N) is 3. The molecule has 0 saturated carbocycles. The Morgan fingerprint density at radius 1 is 1.14 bits per heavy atom. The van der Waals surface area contributed by atoms with Gasteiger partial charge in [-0.2, -0.15) is 0 Å². The van der Waals surface area contributed by atoms with Crippen LogP contribution in [0.4, 0.5) is 11.4 Å². The van der Waals surface area contributed by atoms with Gasteiger partial charge < -0.3 is 15.4 Å². The molecule has 0 amide bonds. The molecule has 0 aliphatic heterocycles. The van der Waals surface area contributed by atoms with Crippen LogP contribution in [0.5, 0.6) is 5.88 Å². The van der Waals surface area contributed by atoms with Crippen LogP contribution in [0.2, 0.25) is 0 Å². The van der Waals surface area contributed by atoms with Crippen LogP contribution >= 0.6 is 11.9 Å². The summed E-state index contributed by atoms with van der Waals surface area (Å²) in [5.74, 6) is 0.568. The predicted molar refractivity (Wildman–Crippen MR) is 114 cm³/mol. The van der Waals surface area contributed by atoms with E-state index in [1.165, 1.54) is 10.9 Å². The maximum absolute atomic E-state index is 5.35. The number of methoxy groups -OCH3 is 1. The second-order valence-electron chi connectivity index (χ2n) is 6.21. The lowest BCUT2D eigenvalue weighted by Crippen LogP contribution is -2.04. The minimum absolute atomic E-state index is 0.568. The van der Waals surface area contributed by atoms with Gasteiger partial charge in [-0.3, -0.25) is 8.96 Å². The molecule has 0 radical (unpaired) electrons. The summed E-state index contributed by atoms with van der Waals surface area (Å²) in [6.45, 7) is 0.806. The van der Waals surface area contributed by atoms with Crippen molar-refractivity contribution < 1.29 is 4.74 Å². The van der Waals surface area contributed by atoms with Crippen molar-refractivity contribution in [3.63, 3.8) is 0 Å². The summed E-state index contributed by atoms with van der Waals surface area (Å²) in [7, 11) is 3.58. The van der Waals surface area contributed by atoms with Gasteiger partial charge in [-0.1, -0.05) is 6.07 Å². The second kappa shape index (κ2) is 8.33. The Bertz CT molecular complexity index is 1080. The number of ether oxygens (including phenoxy) is 1. The molecule has 0 unspecified atom stereocenters. The number of anilines is 2. The third-order valence-corrected chi connectivity index (χ3v) is 5.25. The average Bonchev–Trinajstić information content (AvgIpc) is 3.06. The van der Waals surface area contributed by atoms with E-state index in [0.29, 0.717) is 5.88 Å². The number of nitrogens with one attached hydrogen (secondary N) is 2. The van der Waals surface area contributed by atoms with Crippen LogP contribution in [0.25, 0.3) is 10.9 Å². The number of hydrogen-bond acceptors (Lipinski definition) is 6. The lowest BCUT2D eigenvalue weighted by atomic mass is 10.1.